The lowest BCUT2D eigenvalue weighted by Gasteiger charge is -2.26. The number of hydrogen-bond donors (Lipinski definition) is 3. The van der Waals surface area contributed by atoms with Gasteiger partial charge in [0.1, 0.15) is 0 Å². The molecule has 1 aliphatic carbocycles. The first-order valence-electron chi connectivity index (χ1n) is 6.95. The van der Waals surface area contributed by atoms with Crippen molar-refractivity contribution in [3.8, 4) is 0 Å². The molecule has 0 unspecified atom stereocenters. The Morgan fingerprint density at radius 1 is 1.25 bits per heavy atom. The van der Waals surface area contributed by atoms with E-state index in [4.69, 9.17) is 0 Å². The van der Waals surface area contributed by atoms with Gasteiger partial charge in [0.15, 0.2) is 0 Å². The Labute approximate surface area is 117 Å². The highest BCUT2D eigenvalue weighted by atomic mass is 16.4. The Morgan fingerprint density at radius 3 is 2.35 bits per heavy atom. The van der Waals surface area contributed by atoms with Crippen LogP contribution in [0.1, 0.15) is 24.8 Å². The average molecular weight is 274 g/mol. The Morgan fingerprint density at radius 2 is 1.90 bits per heavy atom. The molecule has 1 heterocycles. The Balaban J connectivity index is 1.61. The largest absolute Gasteiger partial charge is 0.481 e. The van der Waals surface area contributed by atoms with E-state index >= 15 is 0 Å². The first kappa shape index (κ1) is 13.1. The molecule has 1 saturated heterocycles. The van der Waals surface area contributed by atoms with E-state index in [2.05, 4.69) is 10.6 Å². The quantitative estimate of drug-likeness (QED) is 0.757. The highest BCUT2D eigenvalue weighted by Gasteiger charge is 2.51. The molecule has 1 aromatic rings. The van der Waals surface area contributed by atoms with Crippen molar-refractivity contribution in [1.29, 1.82) is 0 Å². The van der Waals surface area contributed by atoms with E-state index in [-0.39, 0.29) is 5.91 Å². The van der Waals surface area contributed by atoms with Gasteiger partial charge in [0, 0.05) is 12.1 Å². The van der Waals surface area contributed by atoms with Crippen LogP contribution in [0.25, 0.3) is 0 Å². The predicted octanol–water partition coefficient (Wildman–Crippen LogP) is 1.35. The van der Waals surface area contributed by atoms with Gasteiger partial charge in [0.25, 0.3) is 0 Å². The van der Waals surface area contributed by atoms with Crippen LogP contribution in [0.4, 0.5) is 5.69 Å². The summed E-state index contributed by atoms with van der Waals surface area (Å²) in [5, 5.41) is 15.2. The minimum atomic E-state index is -0.758. The van der Waals surface area contributed by atoms with Gasteiger partial charge in [-0.15, -0.1) is 0 Å². The molecule has 1 amide bonds. The number of carbonyl (C=O) groups excluding carboxylic acids is 1. The average Bonchev–Trinajstić information content (AvgIpc) is 3.16. The van der Waals surface area contributed by atoms with Crippen molar-refractivity contribution in [3.63, 3.8) is 0 Å². The third kappa shape index (κ3) is 2.41. The summed E-state index contributed by atoms with van der Waals surface area (Å²) in [6, 6.07) is 7.19. The second-order valence-electron chi connectivity index (χ2n) is 5.74. The number of rotatable bonds is 5. The molecule has 0 spiro atoms. The van der Waals surface area contributed by atoms with Crippen molar-refractivity contribution in [1.82, 2.24) is 5.32 Å². The van der Waals surface area contributed by atoms with Gasteiger partial charge in [-0.2, -0.15) is 0 Å². The third-order valence-corrected chi connectivity index (χ3v) is 4.22. The summed E-state index contributed by atoms with van der Waals surface area (Å²) in [6.45, 7) is 1.82. The molecule has 0 bridgehead atoms. The van der Waals surface area contributed by atoms with Crippen LogP contribution in [0.5, 0.6) is 0 Å². The summed E-state index contributed by atoms with van der Waals surface area (Å²) < 4.78 is 0. The molecule has 1 aromatic carbocycles. The fraction of sp³-hybridized carbons (Fsp3) is 0.467. The van der Waals surface area contributed by atoms with Gasteiger partial charge in [-0.3, -0.25) is 9.59 Å². The zero-order valence-corrected chi connectivity index (χ0v) is 11.2. The zero-order chi connectivity index (χ0) is 14.2. The van der Waals surface area contributed by atoms with Crippen molar-refractivity contribution in [2.24, 2.45) is 5.92 Å². The van der Waals surface area contributed by atoms with Crippen molar-refractivity contribution in [2.75, 3.05) is 18.4 Å². The van der Waals surface area contributed by atoms with Crippen molar-refractivity contribution in [2.45, 2.75) is 24.7 Å². The fourth-order valence-corrected chi connectivity index (χ4v) is 2.59. The maximum absolute atomic E-state index is 11.8. The Hall–Kier alpha value is -1.88. The smallest absolute Gasteiger partial charge is 0.314 e. The summed E-state index contributed by atoms with van der Waals surface area (Å²) in [6.07, 6.45) is 1.93. The molecule has 2 fully saturated rings. The lowest BCUT2D eigenvalue weighted by molar-refractivity contribution is -0.140. The number of benzene rings is 1. The lowest BCUT2D eigenvalue weighted by atomic mass is 9.96. The second-order valence-corrected chi connectivity index (χ2v) is 5.74. The van der Waals surface area contributed by atoms with Gasteiger partial charge in [0.2, 0.25) is 5.91 Å². The normalized spacial score (nSPS) is 20.0. The van der Waals surface area contributed by atoms with Crippen LogP contribution in [0, 0.1) is 5.92 Å². The molecule has 1 aliphatic heterocycles. The molecule has 2 aliphatic rings. The monoisotopic (exact) mass is 274 g/mol. The second kappa shape index (κ2) is 4.90. The first-order valence-corrected chi connectivity index (χ1v) is 6.95. The highest BCUT2D eigenvalue weighted by molar-refractivity contribution is 5.91. The molecule has 5 nitrogen and oxygen atoms in total. The number of nitrogens with one attached hydrogen (secondary N) is 2. The third-order valence-electron chi connectivity index (χ3n) is 4.22. The van der Waals surface area contributed by atoms with Crippen molar-refractivity contribution < 1.29 is 14.7 Å². The first-order chi connectivity index (χ1) is 9.60. The van der Waals surface area contributed by atoms with E-state index < -0.39 is 11.4 Å². The van der Waals surface area contributed by atoms with Crippen LogP contribution in [0.3, 0.4) is 0 Å². The topological polar surface area (TPSA) is 78.4 Å². The number of anilines is 1. The molecule has 0 atom stereocenters. The van der Waals surface area contributed by atoms with Gasteiger partial charge < -0.3 is 15.7 Å². The number of hydrogen-bond acceptors (Lipinski definition) is 3. The minimum absolute atomic E-state index is 0.0172. The van der Waals surface area contributed by atoms with Crippen LogP contribution in [0.15, 0.2) is 24.3 Å². The molecule has 106 valence electrons. The van der Waals surface area contributed by atoms with Crippen LogP contribution >= 0.6 is 0 Å². The Kier molecular flexibility index (Phi) is 3.22. The molecule has 20 heavy (non-hydrogen) atoms. The van der Waals surface area contributed by atoms with E-state index in [9.17, 15) is 14.7 Å². The zero-order valence-electron chi connectivity index (χ0n) is 11.2. The van der Waals surface area contributed by atoms with Crippen LogP contribution in [0.2, 0.25) is 0 Å². The predicted molar refractivity (Wildman–Crippen MR) is 74.6 cm³/mol. The molecule has 3 rings (SSSR count). The Bertz CT molecular complexity index is 531. The summed E-state index contributed by atoms with van der Waals surface area (Å²) >= 11 is 0. The summed E-state index contributed by atoms with van der Waals surface area (Å²) in [7, 11) is 0. The number of carbonyl (C=O) groups is 2. The van der Waals surface area contributed by atoms with Crippen LogP contribution < -0.4 is 10.6 Å². The minimum Gasteiger partial charge on any atom is -0.481 e. The molecule has 0 aromatic heterocycles. The van der Waals surface area contributed by atoms with Gasteiger partial charge in [-0.1, -0.05) is 12.1 Å². The SMILES string of the molecule is O=C(CC1CNC1)Nc1ccc(C2(C(=O)O)CC2)cc1. The summed E-state index contributed by atoms with van der Waals surface area (Å²) in [5.41, 5.74) is 0.874. The number of carboxylic acid groups (broad SMARTS) is 1. The van der Waals surface area contributed by atoms with E-state index in [1.807, 2.05) is 12.1 Å². The van der Waals surface area contributed by atoms with E-state index in [1.165, 1.54) is 0 Å². The maximum atomic E-state index is 11.8. The fourth-order valence-electron chi connectivity index (χ4n) is 2.59. The van der Waals surface area contributed by atoms with Gasteiger partial charge >= 0.3 is 5.97 Å². The van der Waals surface area contributed by atoms with E-state index in [0.717, 1.165) is 24.3 Å². The van der Waals surface area contributed by atoms with E-state index in [1.54, 1.807) is 12.1 Å². The van der Waals surface area contributed by atoms with Gasteiger partial charge in [-0.25, -0.2) is 0 Å². The lowest BCUT2D eigenvalue weighted by Crippen LogP contribution is -2.43. The molecular weight excluding hydrogens is 256 g/mol. The standard InChI is InChI=1S/C15H18N2O3/c18-13(7-10-8-16-9-10)17-12-3-1-11(2-4-12)15(5-6-15)14(19)20/h1-4,10,16H,5-9H2,(H,17,18)(H,19,20). The van der Waals surface area contributed by atoms with Crippen molar-refractivity contribution in [3.05, 3.63) is 29.8 Å². The number of aliphatic carboxylic acids is 1. The van der Waals surface area contributed by atoms with Crippen LogP contribution in [-0.2, 0) is 15.0 Å². The summed E-state index contributed by atoms with van der Waals surface area (Å²) in [5.74, 6) is -0.300. The number of amides is 1. The summed E-state index contributed by atoms with van der Waals surface area (Å²) in [4.78, 5) is 23.0. The molecule has 3 N–H and O–H groups in total. The maximum Gasteiger partial charge on any atom is 0.314 e. The molecule has 5 heteroatoms. The highest BCUT2D eigenvalue weighted by Crippen LogP contribution is 2.48. The molecule has 1 saturated carbocycles. The molecule has 0 radical (unpaired) electrons. The molecular formula is C15H18N2O3. The van der Waals surface area contributed by atoms with E-state index in [0.29, 0.717) is 25.2 Å². The van der Waals surface area contributed by atoms with Gasteiger partial charge in [0.05, 0.1) is 5.41 Å². The van der Waals surface area contributed by atoms with Crippen molar-refractivity contribution >= 4 is 17.6 Å². The number of carboxylic acids is 1. The van der Waals surface area contributed by atoms with Crippen LogP contribution in [-0.4, -0.2) is 30.1 Å². The van der Waals surface area contributed by atoms with Gasteiger partial charge in [-0.05, 0) is 49.5 Å².